The maximum atomic E-state index is 12.5. The molecule has 1 N–H and O–H groups in total. The molecule has 1 fully saturated rings. The van der Waals surface area contributed by atoms with Crippen molar-refractivity contribution in [1.29, 1.82) is 0 Å². The van der Waals surface area contributed by atoms with Crippen LogP contribution < -0.4 is 5.32 Å². The van der Waals surface area contributed by atoms with Crippen LogP contribution in [0.1, 0.15) is 42.4 Å². The van der Waals surface area contributed by atoms with Gasteiger partial charge in [-0.15, -0.1) is 0 Å². The summed E-state index contributed by atoms with van der Waals surface area (Å²) in [6.07, 6.45) is 1.20. The molecule has 2 unspecified atom stereocenters. The van der Waals surface area contributed by atoms with Crippen molar-refractivity contribution < 1.29 is 9.59 Å². The lowest BCUT2D eigenvalue weighted by molar-refractivity contribution is -0.129. The van der Waals surface area contributed by atoms with Crippen molar-refractivity contribution in [3.8, 4) is 0 Å². The molecular formula is C23H28N2O2. The molecule has 0 spiro atoms. The van der Waals surface area contributed by atoms with E-state index in [1.807, 2.05) is 49.4 Å². The first kappa shape index (κ1) is 19.2. The third-order valence-electron chi connectivity index (χ3n) is 5.32. The molecule has 2 amide bonds. The number of nitrogens with one attached hydrogen (secondary N) is 1. The van der Waals surface area contributed by atoms with E-state index < -0.39 is 0 Å². The first-order valence-corrected chi connectivity index (χ1v) is 9.69. The van der Waals surface area contributed by atoms with Gasteiger partial charge in [0.25, 0.3) is 0 Å². The molecule has 4 nitrogen and oxygen atoms in total. The maximum Gasteiger partial charge on any atom is 0.225 e. The molecule has 3 rings (SSSR count). The van der Waals surface area contributed by atoms with Crippen LogP contribution in [0.4, 0.5) is 0 Å². The van der Waals surface area contributed by atoms with E-state index in [9.17, 15) is 9.59 Å². The molecule has 0 aliphatic carbocycles. The fourth-order valence-electron chi connectivity index (χ4n) is 3.52. The van der Waals surface area contributed by atoms with Crippen LogP contribution in [-0.4, -0.2) is 29.8 Å². The Kier molecular flexibility index (Phi) is 6.28. The summed E-state index contributed by atoms with van der Waals surface area (Å²) in [5.41, 5.74) is 3.59. The minimum Gasteiger partial charge on any atom is -0.356 e. The average molecular weight is 364 g/mol. The Balaban J connectivity index is 1.45. The zero-order valence-corrected chi connectivity index (χ0v) is 16.2. The summed E-state index contributed by atoms with van der Waals surface area (Å²) < 4.78 is 0. The number of benzene rings is 2. The van der Waals surface area contributed by atoms with Gasteiger partial charge in [-0.1, -0.05) is 67.1 Å². The highest BCUT2D eigenvalue weighted by Gasteiger charge is 2.34. The van der Waals surface area contributed by atoms with Gasteiger partial charge in [0.15, 0.2) is 0 Å². The zero-order chi connectivity index (χ0) is 19.2. The number of hydrogen-bond acceptors (Lipinski definition) is 2. The summed E-state index contributed by atoms with van der Waals surface area (Å²) >= 11 is 0. The third kappa shape index (κ3) is 5.19. The standard InChI is InChI=1S/C23H28N2O2/c1-17-8-10-19(11-9-17)15-25-16-21(14-22(25)26)23(27)24-13-12-18(2)20-6-4-3-5-7-20/h3-11,18,21H,12-16H2,1-2H3,(H,24,27). The van der Waals surface area contributed by atoms with Crippen molar-refractivity contribution in [2.75, 3.05) is 13.1 Å². The Labute approximate surface area is 161 Å². The van der Waals surface area contributed by atoms with Gasteiger partial charge in [-0.2, -0.15) is 0 Å². The predicted molar refractivity (Wildman–Crippen MR) is 107 cm³/mol. The van der Waals surface area contributed by atoms with Crippen LogP contribution in [-0.2, 0) is 16.1 Å². The normalized spacial score (nSPS) is 17.8. The molecule has 27 heavy (non-hydrogen) atoms. The van der Waals surface area contributed by atoms with Crippen LogP contribution in [0.2, 0.25) is 0 Å². The second kappa shape index (κ2) is 8.85. The van der Waals surface area contributed by atoms with E-state index in [1.165, 1.54) is 11.1 Å². The van der Waals surface area contributed by atoms with Crippen LogP contribution in [0, 0.1) is 12.8 Å². The Morgan fingerprint density at radius 1 is 1.15 bits per heavy atom. The largest absolute Gasteiger partial charge is 0.356 e. The van der Waals surface area contributed by atoms with Crippen LogP contribution in [0.15, 0.2) is 54.6 Å². The molecule has 1 saturated heterocycles. The van der Waals surface area contributed by atoms with Gasteiger partial charge < -0.3 is 10.2 Å². The molecule has 0 bridgehead atoms. The summed E-state index contributed by atoms with van der Waals surface area (Å²) in [4.78, 5) is 26.5. The van der Waals surface area contributed by atoms with E-state index in [2.05, 4.69) is 24.4 Å². The highest BCUT2D eigenvalue weighted by molar-refractivity contribution is 5.89. The van der Waals surface area contributed by atoms with E-state index in [-0.39, 0.29) is 17.7 Å². The second-order valence-corrected chi connectivity index (χ2v) is 7.55. The molecule has 0 saturated carbocycles. The summed E-state index contributed by atoms with van der Waals surface area (Å²) in [6, 6.07) is 18.5. The molecule has 2 aromatic carbocycles. The minimum atomic E-state index is -0.241. The van der Waals surface area contributed by atoms with Crippen LogP contribution >= 0.6 is 0 Å². The lowest BCUT2D eigenvalue weighted by Crippen LogP contribution is -2.33. The lowest BCUT2D eigenvalue weighted by Gasteiger charge is -2.17. The molecule has 2 atom stereocenters. The molecule has 1 heterocycles. The quantitative estimate of drug-likeness (QED) is 0.815. The smallest absolute Gasteiger partial charge is 0.225 e. The fraction of sp³-hybridized carbons (Fsp3) is 0.391. The monoisotopic (exact) mass is 364 g/mol. The van der Waals surface area contributed by atoms with E-state index >= 15 is 0 Å². The number of carbonyl (C=O) groups excluding carboxylic acids is 2. The molecule has 1 aliphatic heterocycles. The van der Waals surface area contributed by atoms with Crippen molar-refractivity contribution in [3.63, 3.8) is 0 Å². The van der Waals surface area contributed by atoms with Crippen LogP contribution in [0.25, 0.3) is 0 Å². The Bertz CT molecular complexity index is 771. The number of hydrogen-bond donors (Lipinski definition) is 1. The summed E-state index contributed by atoms with van der Waals surface area (Å²) in [5, 5.41) is 3.02. The predicted octanol–water partition coefficient (Wildman–Crippen LogP) is 3.65. The van der Waals surface area contributed by atoms with Gasteiger partial charge in [-0.25, -0.2) is 0 Å². The SMILES string of the molecule is Cc1ccc(CN2CC(C(=O)NCCC(C)c3ccccc3)CC2=O)cc1. The van der Waals surface area contributed by atoms with Crippen molar-refractivity contribution in [2.24, 2.45) is 5.92 Å². The first-order valence-electron chi connectivity index (χ1n) is 9.69. The lowest BCUT2D eigenvalue weighted by atomic mass is 9.98. The van der Waals surface area contributed by atoms with Gasteiger partial charge in [-0.3, -0.25) is 9.59 Å². The highest BCUT2D eigenvalue weighted by Crippen LogP contribution is 2.21. The Hall–Kier alpha value is -2.62. The average Bonchev–Trinajstić information content (AvgIpc) is 3.04. The van der Waals surface area contributed by atoms with Crippen molar-refractivity contribution in [1.82, 2.24) is 10.2 Å². The van der Waals surface area contributed by atoms with E-state index in [0.717, 1.165) is 12.0 Å². The fourth-order valence-corrected chi connectivity index (χ4v) is 3.52. The van der Waals surface area contributed by atoms with Gasteiger partial charge in [-0.05, 0) is 30.4 Å². The number of carbonyl (C=O) groups is 2. The highest BCUT2D eigenvalue weighted by atomic mass is 16.2. The molecule has 1 aliphatic rings. The first-order chi connectivity index (χ1) is 13.0. The Morgan fingerprint density at radius 3 is 2.56 bits per heavy atom. The van der Waals surface area contributed by atoms with Gasteiger partial charge in [0.2, 0.25) is 11.8 Å². The van der Waals surface area contributed by atoms with Crippen molar-refractivity contribution in [2.45, 2.75) is 39.2 Å². The number of amides is 2. The number of nitrogens with zero attached hydrogens (tertiary/aromatic N) is 1. The van der Waals surface area contributed by atoms with Crippen LogP contribution in [0.3, 0.4) is 0 Å². The Morgan fingerprint density at radius 2 is 1.85 bits per heavy atom. The van der Waals surface area contributed by atoms with Gasteiger partial charge >= 0.3 is 0 Å². The van der Waals surface area contributed by atoms with Crippen molar-refractivity contribution >= 4 is 11.8 Å². The minimum absolute atomic E-state index is 0.00461. The molecular weight excluding hydrogens is 336 g/mol. The zero-order valence-electron chi connectivity index (χ0n) is 16.2. The molecule has 4 heteroatoms. The molecule has 2 aromatic rings. The number of aryl methyl sites for hydroxylation is 1. The van der Waals surface area contributed by atoms with Crippen molar-refractivity contribution in [3.05, 3.63) is 71.3 Å². The molecule has 0 radical (unpaired) electrons. The third-order valence-corrected chi connectivity index (χ3v) is 5.32. The van der Waals surface area contributed by atoms with Gasteiger partial charge in [0.1, 0.15) is 0 Å². The maximum absolute atomic E-state index is 12.5. The van der Waals surface area contributed by atoms with Gasteiger partial charge in [0, 0.05) is 26.1 Å². The summed E-state index contributed by atoms with van der Waals surface area (Å²) in [6.45, 7) is 5.94. The van der Waals surface area contributed by atoms with Gasteiger partial charge in [0.05, 0.1) is 5.92 Å². The van der Waals surface area contributed by atoms with E-state index in [1.54, 1.807) is 4.90 Å². The van der Waals surface area contributed by atoms with E-state index in [0.29, 0.717) is 32.0 Å². The molecule has 0 aromatic heterocycles. The number of likely N-dealkylation sites (tertiary alicyclic amines) is 1. The van der Waals surface area contributed by atoms with E-state index in [4.69, 9.17) is 0 Å². The topological polar surface area (TPSA) is 49.4 Å². The summed E-state index contributed by atoms with van der Waals surface area (Å²) in [7, 11) is 0. The molecule has 142 valence electrons. The summed E-state index contributed by atoms with van der Waals surface area (Å²) in [5.74, 6) is 0.216. The number of rotatable bonds is 7. The van der Waals surface area contributed by atoms with Crippen LogP contribution in [0.5, 0.6) is 0 Å². The second-order valence-electron chi connectivity index (χ2n) is 7.55.